The van der Waals surface area contributed by atoms with E-state index < -0.39 is 19.7 Å². The van der Waals surface area contributed by atoms with Gasteiger partial charge in [-0.25, -0.2) is 21.8 Å². The molecule has 0 bridgehead atoms. The molecule has 0 N–H and O–H groups in total. The van der Waals surface area contributed by atoms with Gasteiger partial charge in [-0.05, 0) is 26.1 Å². The van der Waals surface area contributed by atoms with Crippen LogP contribution >= 0.6 is 11.3 Å². The number of sulfone groups is 2. The van der Waals surface area contributed by atoms with Crippen LogP contribution in [0.2, 0.25) is 0 Å². The summed E-state index contributed by atoms with van der Waals surface area (Å²) >= 11 is 1.48. The Morgan fingerprint density at radius 2 is 1.77 bits per heavy atom. The molecule has 0 aliphatic heterocycles. The Morgan fingerprint density at radius 3 is 2.31 bits per heavy atom. The van der Waals surface area contributed by atoms with E-state index in [1.807, 2.05) is 24.3 Å². The smallest absolute Gasteiger partial charge is 0.175 e. The van der Waals surface area contributed by atoms with Crippen LogP contribution in [0.25, 0.3) is 10.6 Å². The number of thiazole rings is 1. The van der Waals surface area contributed by atoms with Crippen molar-refractivity contribution in [1.82, 2.24) is 9.88 Å². The summed E-state index contributed by atoms with van der Waals surface area (Å²) in [4.78, 5) is 6.84. The SMILES string of the molecule is CCS(=O)(=O)C[C@H](C)N(C)Cc1csc(-c2ccc(S(C)(=O)=O)cc2)n1. The molecule has 1 aromatic carbocycles. The van der Waals surface area contributed by atoms with Crippen LogP contribution in [0, 0.1) is 0 Å². The Bertz CT molecular complexity index is 948. The Morgan fingerprint density at radius 1 is 1.15 bits per heavy atom. The fourth-order valence-electron chi connectivity index (χ4n) is 2.38. The Hall–Kier alpha value is -1.29. The highest BCUT2D eigenvalue weighted by Crippen LogP contribution is 2.25. The highest BCUT2D eigenvalue weighted by atomic mass is 32.2. The van der Waals surface area contributed by atoms with E-state index in [0.29, 0.717) is 6.54 Å². The third-order valence-corrected chi connectivity index (χ3v) is 8.12. The van der Waals surface area contributed by atoms with Crippen molar-refractivity contribution in [2.24, 2.45) is 0 Å². The molecule has 2 rings (SSSR count). The van der Waals surface area contributed by atoms with Gasteiger partial charge in [-0.3, -0.25) is 4.90 Å². The first-order valence-corrected chi connectivity index (χ1v) is 12.8. The van der Waals surface area contributed by atoms with Crippen molar-refractivity contribution >= 4 is 31.0 Å². The van der Waals surface area contributed by atoms with Gasteiger partial charge in [-0.15, -0.1) is 11.3 Å². The Balaban J connectivity index is 2.08. The van der Waals surface area contributed by atoms with Crippen molar-refractivity contribution in [2.75, 3.05) is 24.8 Å². The molecular weight excluding hydrogens is 392 g/mol. The van der Waals surface area contributed by atoms with Gasteiger partial charge in [0.05, 0.1) is 16.3 Å². The minimum absolute atomic E-state index is 0.0980. The van der Waals surface area contributed by atoms with Crippen LogP contribution in [0.5, 0.6) is 0 Å². The molecule has 0 spiro atoms. The van der Waals surface area contributed by atoms with Gasteiger partial charge in [0.1, 0.15) is 5.01 Å². The van der Waals surface area contributed by atoms with Crippen LogP contribution in [-0.2, 0) is 26.2 Å². The molecule has 144 valence electrons. The van der Waals surface area contributed by atoms with E-state index in [1.165, 1.54) is 17.6 Å². The summed E-state index contributed by atoms with van der Waals surface area (Å²) in [5.41, 5.74) is 1.72. The zero-order valence-corrected chi connectivity index (χ0v) is 17.8. The molecule has 1 aromatic heterocycles. The lowest BCUT2D eigenvalue weighted by Crippen LogP contribution is -2.35. The quantitative estimate of drug-likeness (QED) is 0.657. The molecular formula is C17H24N2O4S3. The summed E-state index contributed by atoms with van der Waals surface area (Å²) in [7, 11) is -4.35. The summed E-state index contributed by atoms with van der Waals surface area (Å²) in [5.74, 6) is 0.277. The fourth-order valence-corrected chi connectivity index (χ4v) is 5.05. The van der Waals surface area contributed by atoms with Crippen molar-refractivity contribution in [3.8, 4) is 10.6 Å². The monoisotopic (exact) mass is 416 g/mol. The van der Waals surface area contributed by atoms with Crippen LogP contribution in [0.1, 0.15) is 19.5 Å². The van der Waals surface area contributed by atoms with Crippen LogP contribution < -0.4 is 0 Å². The van der Waals surface area contributed by atoms with E-state index in [1.54, 1.807) is 31.2 Å². The second kappa shape index (κ2) is 8.16. The number of aromatic nitrogens is 1. The Labute approximate surface area is 159 Å². The first-order valence-electron chi connectivity index (χ1n) is 8.17. The van der Waals surface area contributed by atoms with E-state index in [0.717, 1.165) is 16.3 Å². The lowest BCUT2D eigenvalue weighted by atomic mass is 10.2. The van der Waals surface area contributed by atoms with Crippen LogP contribution in [0.3, 0.4) is 0 Å². The largest absolute Gasteiger partial charge is 0.297 e. The minimum Gasteiger partial charge on any atom is -0.297 e. The molecule has 0 unspecified atom stereocenters. The highest BCUT2D eigenvalue weighted by Gasteiger charge is 2.18. The van der Waals surface area contributed by atoms with E-state index in [9.17, 15) is 16.8 Å². The lowest BCUT2D eigenvalue weighted by molar-refractivity contribution is 0.264. The van der Waals surface area contributed by atoms with Crippen molar-refractivity contribution < 1.29 is 16.8 Å². The van der Waals surface area contributed by atoms with Crippen LogP contribution in [0.4, 0.5) is 0 Å². The maximum absolute atomic E-state index is 11.8. The van der Waals surface area contributed by atoms with Gasteiger partial charge >= 0.3 is 0 Å². The van der Waals surface area contributed by atoms with Crippen molar-refractivity contribution in [1.29, 1.82) is 0 Å². The van der Waals surface area contributed by atoms with Gasteiger partial charge in [0.15, 0.2) is 19.7 Å². The number of benzene rings is 1. The molecule has 0 amide bonds. The highest BCUT2D eigenvalue weighted by molar-refractivity contribution is 7.91. The Kier molecular flexibility index (Phi) is 6.60. The average Bonchev–Trinajstić information content (AvgIpc) is 3.02. The molecule has 0 saturated carbocycles. The summed E-state index contributed by atoms with van der Waals surface area (Å²) < 4.78 is 46.6. The van der Waals surface area contributed by atoms with E-state index >= 15 is 0 Å². The molecule has 9 heteroatoms. The van der Waals surface area contributed by atoms with Gasteiger partial charge in [0.2, 0.25) is 0 Å². The predicted octanol–water partition coefficient (Wildman–Crippen LogP) is 2.47. The first kappa shape index (κ1) is 21.0. The average molecular weight is 417 g/mol. The zero-order chi connectivity index (χ0) is 19.5. The third kappa shape index (κ3) is 5.60. The second-order valence-electron chi connectivity index (χ2n) is 6.40. The van der Waals surface area contributed by atoms with Crippen molar-refractivity contribution in [3.63, 3.8) is 0 Å². The number of hydrogen-bond donors (Lipinski definition) is 0. The summed E-state index contributed by atoms with van der Waals surface area (Å²) in [6, 6.07) is 6.56. The zero-order valence-electron chi connectivity index (χ0n) is 15.3. The van der Waals surface area contributed by atoms with Gasteiger partial charge in [0, 0.05) is 35.5 Å². The van der Waals surface area contributed by atoms with Crippen molar-refractivity contribution in [2.45, 2.75) is 31.3 Å². The summed E-state index contributed by atoms with van der Waals surface area (Å²) in [5, 5.41) is 2.75. The van der Waals surface area contributed by atoms with Gasteiger partial charge in [-0.2, -0.15) is 0 Å². The number of rotatable bonds is 8. The minimum atomic E-state index is -3.21. The maximum atomic E-state index is 11.8. The van der Waals surface area contributed by atoms with Crippen LogP contribution in [0.15, 0.2) is 34.5 Å². The first-order chi connectivity index (χ1) is 12.0. The molecule has 0 aliphatic rings. The van der Waals surface area contributed by atoms with Crippen LogP contribution in [-0.4, -0.2) is 57.6 Å². The van der Waals surface area contributed by atoms with Crippen molar-refractivity contribution in [3.05, 3.63) is 35.3 Å². The lowest BCUT2D eigenvalue weighted by Gasteiger charge is -2.23. The maximum Gasteiger partial charge on any atom is 0.175 e. The second-order valence-corrected chi connectivity index (χ2v) is 11.7. The molecule has 2 aromatic rings. The predicted molar refractivity (Wildman–Crippen MR) is 106 cm³/mol. The molecule has 0 fully saturated rings. The van der Waals surface area contributed by atoms with Gasteiger partial charge < -0.3 is 0 Å². The third-order valence-electron chi connectivity index (χ3n) is 4.18. The van der Waals surface area contributed by atoms with Gasteiger partial charge in [-0.1, -0.05) is 19.1 Å². The van der Waals surface area contributed by atoms with Gasteiger partial charge in [0.25, 0.3) is 0 Å². The summed E-state index contributed by atoms with van der Waals surface area (Å²) in [6.07, 6.45) is 1.18. The van der Waals surface area contributed by atoms with E-state index in [2.05, 4.69) is 4.98 Å². The van der Waals surface area contributed by atoms with E-state index in [-0.39, 0.29) is 22.4 Å². The fraction of sp³-hybridized carbons (Fsp3) is 0.471. The number of hydrogen-bond acceptors (Lipinski definition) is 7. The number of nitrogens with zero attached hydrogens (tertiary/aromatic N) is 2. The van der Waals surface area contributed by atoms with E-state index in [4.69, 9.17) is 0 Å². The molecule has 1 atom stereocenters. The topological polar surface area (TPSA) is 84.4 Å². The standard InChI is InChI=1S/C17H24N2O4S3/c1-5-26(22,23)12-13(2)19(3)10-15-11-24-17(18-15)14-6-8-16(9-7-14)25(4,20)21/h6-9,11,13H,5,10,12H2,1-4H3/t13-/m0/s1. The molecule has 26 heavy (non-hydrogen) atoms. The molecule has 0 aliphatic carbocycles. The summed E-state index contributed by atoms with van der Waals surface area (Å²) in [6.45, 7) is 4.10. The molecule has 1 heterocycles. The normalized spacial score (nSPS) is 13.9. The molecule has 6 nitrogen and oxygen atoms in total. The molecule has 0 saturated heterocycles. The molecule has 0 radical (unpaired) electrons.